The number of aromatic amines is 1. The van der Waals surface area contributed by atoms with E-state index in [1.54, 1.807) is 26.0 Å². The van der Waals surface area contributed by atoms with Crippen LogP contribution in [0.5, 0.6) is 0 Å². The number of rotatable bonds is 3. The maximum atomic E-state index is 13.7. The Morgan fingerprint density at radius 2 is 2.24 bits per heavy atom. The number of H-pyrrole nitrogens is 1. The highest BCUT2D eigenvalue weighted by Crippen LogP contribution is 2.33. The molecule has 1 aromatic carbocycles. The molecule has 17 heavy (non-hydrogen) atoms. The Kier molecular flexibility index (Phi) is 3.44. The van der Waals surface area contributed by atoms with E-state index < -0.39 is 6.10 Å². The minimum absolute atomic E-state index is 0.363. The van der Waals surface area contributed by atoms with Crippen LogP contribution in [0.3, 0.4) is 0 Å². The summed E-state index contributed by atoms with van der Waals surface area (Å²) in [5.74, 6) is 0.290. The highest BCUT2D eigenvalue weighted by Gasteiger charge is 2.15. The molecule has 1 heterocycles. The first-order valence-corrected chi connectivity index (χ1v) is 5.93. The van der Waals surface area contributed by atoms with Gasteiger partial charge in [0.1, 0.15) is 11.6 Å². The highest BCUT2D eigenvalue weighted by molar-refractivity contribution is 7.99. The summed E-state index contributed by atoms with van der Waals surface area (Å²) in [6.07, 6.45) is -0.728. The van der Waals surface area contributed by atoms with Gasteiger partial charge < -0.3 is 5.11 Å². The minimum Gasteiger partial charge on any atom is -0.389 e. The maximum Gasteiger partial charge on any atom is 0.213 e. The van der Waals surface area contributed by atoms with Gasteiger partial charge in [-0.05, 0) is 37.2 Å². The van der Waals surface area contributed by atoms with Crippen molar-refractivity contribution >= 4 is 11.8 Å². The van der Waals surface area contributed by atoms with Crippen molar-refractivity contribution in [1.29, 1.82) is 0 Å². The van der Waals surface area contributed by atoms with Crippen LogP contribution in [0.15, 0.2) is 28.3 Å². The topological polar surface area (TPSA) is 61.8 Å². The van der Waals surface area contributed by atoms with E-state index in [0.717, 1.165) is 11.8 Å². The lowest BCUT2D eigenvalue weighted by atomic mass is 10.1. The van der Waals surface area contributed by atoms with Gasteiger partial charge in [-0.3, -0.25) is 5.10 Å². The molecule has 0 aliphatic carbocycles. The molecular weight excluding hydrogens is 241 g/mol. The molecule has 2 rings (SSSR count). The first-order valence-electron chi connectivity index (χ1n) is 5.11. The van der Waals surface area contributed by atoms with Crippen molar-refractivity contribution < 1.29 is 9.50 Å². The zero-order valence-corrected chi connectivity index (χ0v) is 10.3. The Morgan fingerprint density at radius 1 is 1.47 bits per heavy atom. The lowest BCUT2D eigenvalue weighted by molar-refractivity contribution is 0.195. The van der Waals surface area contributed by atoms with Crippen LogP contribution < -0.4 is 0 Å². The summed E-state index contributed by atoms with van der Waals surface area (Å²) in [6, 6.07) is 4.62. The van der Waals surface area contributed by atoms with Crippen molar-refractivity contribution in [3.63, 3.8) is 0 Å². The molecule has 0 saturated carbocycles. The zero-order chi connectivity index (χ0) is 12.4. The average Bonchev–Trinajstić information content (AvgIpc) is 2.67. The van der Waals surface area contributed by atoms with Crippen molar-refractivity contribution in [2.75, 3.05) is 0 Å². The van der Waals surface area contributed by atoms with Gasteiger partial charge in [0.15, 0.2) is 0 Å². The molecule has 0 saturated heterocycles. The fraction of sp³-hybridized carbons (Fsp3) is 0.273. The van der Waals surface area contributed by atoms with Gasteiger partial charge in [0.25, 0.3) is 0 Å². The number of aliphatic hydroxyl groups is 1. The third kappa shape index (κ3) is 2.65. The van der Waals surface area contributed by atoms with Gasteiger partial charge in [-0.1, -0.05) is 12.1 Å². The Labute approximate surface area is 102 Å². The Morgan fingerprint density at radius 3 is 2.82 bits per heavy atom. The number of nitrogens with one attached hydrogen (secondary N) is 1. The minimum atomic E-state index is -0.728. The lowest BCUT2D eigenvalue weighted by Gasteiger charge is -2.10. The van der Waals surface area contributed by atoms with E-state index in [1.807, 2.05) is 0 Å². The van der Waals surface area contributed by atoms with E-state index in [1.165, 1.54) is 6.07 Å². The first-order chi connectivity index (χ1) is 8.08. The molecule has 1 atom stereocenters. The van der Waals surface area contributed by atoms with Gasteiger partial charge >= 0.3 is 0 Å². The molecule has 1 aromatic heterocycles. The number of hydrogen-bond acceptors (Lipinski definition) is 4. The molecule has 0 aliphatic rings. The Bertz CT molecular complexity index is 527. The van der Waals surface area contributed by atoms with Crippen LogP contribution >= 0.6 is 11.8 Å². The van der Waals surface area contributed by atoms with E-state index in [2.05, 4.69) is 15.2 Å². The zero-order valence-electron chi connectivity index (χ0n) is 9.44. The number of hydrogen-bond donors (Lipinski definition) is 2. The summed E-state index contributed by atoms with van der Waals surface area (Å²) in [5, 5.41) is 16.6. The number of aryl methyl sites for hydroxylation is 1. The molecular formula is C11H12FN3OS. The van der Waals surface area contributed by atoms with E-state index in [4.69, 9.17) is 0 Å². The summed E-state index contributed by atoms with van der Waals surface area (Å²) in [4.78, 5) is 4.46. The molecule has 6 heteroatoms. The van der Waals surface area contributed by atoms with Gasteiger partial charge in [0, 0.05) is 0 Å². The van der Waals surface area contributed by atoms with Gasteiger partial charge in [-0.25, -0.2) is 9.37 Å². The molecule has 0 spiro atoms. The van der Waals surface area contributed by atoms with Crippen molar-refractivity contribution in [2.45, 2.75) is 30.0 Å². The number of aliphatic hydroxyl groups excluding tert-OH is 1. The number of halogens is 1. The Hall–Kier alpha value is -1.40. The van der Waals surface area contributed by atoms with Gasteiger partial charge in [-0.2, -0.15) is 0 Å². The van der Waals surface area contributed by atoms with E-state index in [-0.39, 0.29) is 5.82 Å². The molecule has 0 amide bonds. The second kappa shape index (κ2) is 4.85. The SMILES string of the molecule is Cc1nc(Sc2c(F)cccc2[C@H](C)O)n[nH]1. The number of aromatic nitrogens is 3. The predicted molar refractivity (Wildman–Crippen MR) is 62.3 cm³/mol. The van der Waals surface area contributed by atoms with Crippen LogP contribution in [0.4, 0.5) is 4.39 Å². The Balaban J connectivity index is 2.37. The molecule has 4 nitrogen and oxygen atoms in total. The van der Waals surface area contributed by atoms with E-state index >= 15 is 0 Å². The highest BCUT2D eigenvalue weighted by atomic mass is 32.2. The lowest BCUT2D eigenvalue weighted by Crippen LogP contribution is -1.96. The summed E-state index contributed by atoms with van der Waals surface area (Å²) in [6.45, 7) is 3.37. The molecule has 0 unspecified atom stereocenters. The standard InChI is InChI=1S/C11H12FN3OS/c1-6(16)8-4-3-5-9(12)10(8)17-11-13-7(2)14-15-11/h3-6,16H,1-2H3,(H,13,14,15)/t6-/m0/s1. The number of nitrogens with zero attached hydrogens (tertiary/aromatic N) is 2. The molecule has 0 bridgehead atoms. The molecule has 2 N–H and O–H groups in total. The molecule has 90 valence electrons. The fourth-order valence-electron chi connectivity index (χ4n) is 1.42. The van der Waals surface area contributed by atoms with Crippen LogP contribution in [0, 0.1) is 12.7 Å². The summed E-state index contributed by atoms with van der Waals surface area (Å²) >= 11 is 1.10. The van der Waals surface area contributed by atoms with E-state index in [9.17, 15) is 9.50 Å². The van der Waals surface area contributed by atoms with Gasteiger partial charge in [-0.15, -0.1) is 5.10 Å². The van der Waals surface area contributed by atoms with Crippen LogP contribution in [-0.4, -0.2) is 20.3 Å². The van der Waals surface area contributed by atoms with Gasteiger partial charge in [0.05, 0.1) is 11.0 Å². The van der Waals surface area contributed by atoms with Gasteiger partial charge in [0.2, 0.25) is 5.16 Å². The molecule has 2 aromatic rings. The van der Waals surface area contributed by atoms with Crippen molar-refractivity contribution in [2.24, 2.45) is 0 Å². The second-order valence-electron chi connectivity index (χ2n) is 3.64. The van der Waals surface area contributed by atoms with Crippen LogP contribution in [0.2, 0.25) is 0 Å². The average molecular weight is 253 g/mol. The van der Waals surface area contributed by atoms with Crippen molar-refractivity contribution in [1.82, 2.24) is 15.2 Å². The quantitative estimate of drug-likeness (QED) is 0.882. The summed E-state index contributed by atoms with van der Waals surface area (Å²) in [7, 11) is 0. The molecule has 0 fully saturated rings. The second-order valence-corrected chi connectivity index (χ2v) is 4.62. The third-order valence-electron chi connectivity index (χ3n) is 2.22. The first kappa shape index (κ1) is 12.1. The molecule has 0 aliphatic heterocycles. The normalized spacial score (nSPS) is 12.7. The summed E-state index contributed by atoms with van der Waals surface area (Å²) in [5.41, 5.74) is 0.539. The smallest absolute Gasteiger partial charge is 0.213 e. The number of benzene rings is 1. The van der Waals surface area contributed by atoms with Crippen molar-refractivity contribution in [3.05, 3.63) is 35.4 Å². The van der Waals surface area contributed by atoms with Crippen LogP contribution in [0.1, 0.15) is 24.4 Å². The molecule has 0 radical (unpaired) electrons. The monoisotopic (exact) mass is 253 g/mol. The largest absolute Gasteiger partial charge is 0.389 e. The maximum absolute atomic E-state index is 13.7. The third-order valence-corrected chi connectivity index (χ3v) is 3.22. The predicted octanol–water partition coefficient (Wildman–Crippen LogP) is 2.46. The summed E-state index contributed by atoms with van der Waals surface area (Å²) < 4.78 is 13.7. The van der Waals surface area contributed by atoms with Crippen LogP contribution in [0.25, 0.3) is 0 Å². The van der Waals surface area contributed by atoms with Crippen LogP contribution in [-0.2, 0) is 0 Å². The fourth-order valence-corrected chi connectivity index (χ4v) is 2.40. The van der Waals surface area contributed by atoms with Crippen molar-refractivity contribution in [3.8, 4) is 0 Å². The van der Waals surface area contributed by atoms with E-state index in [0.29, 0.717) is 21.4 Å².